The van der Waals surface area contributed by atoms with Gasteiger partial charge in [-0.2, -0.15) is 0 Å². The molecule has 0 unspecified atom stereocenters. The van der Waals surface area contributed by atoms with Crippen molar-refractivity contribution < 1.29 is 32.1 Å². The maximum absolute atomic E-state index is 13.6. The van der Waals surface area contributed by atoms with Crippen molar-refractivity contribution in [1.29, 1.82) is 0 Å². The molecule has 0 aliphatic heterocycles. The molecule has 0 saturated heterocycles. The van der Waals surface area contributed by atoms with Crippen LogP contribution < -0.4 is 24.4 Å². The topological polar surface area (TPSA) is 129 Å². The van der Waals surface area contributed by atoms with Gasteiger partial charge >= 0.3 is 0 Å². The van der Waals surface area contributed by atoms with E-state index in [1.165, 1.54) is 66.0 Å². The molecule has 0 amide bonds. The number of methoxy groups -OCH3 is 2. The zero-order valence-electron chi connectivity index (χ0n) is 26.6. The van der Waals surface area contributed by atoms with Crippen molar-refractivity contribution in [3.05, 3.63) is 128 Å². The number of aromatic nitrogens is 6. The van der Waals surface area contributed by atoms with Crippen molar-refractivity contribution in [1.82, 2.24) is 30.0 Å². The fourth-order valence-electron chi connectivity index (χ4n) is 5.14. The maximum atomic E-state index is 13.6. The Balaban J connectivity index is 1.20. The van der Waals surface area contributed by atoms with Gasteiger partial charge in [-0.15, -0.1) is 10.2 Å². The van der Waals surface area contributed by atoms with Gasteiger partial charge < -0.3 is 23.4 Å². The van der Waals surface area contributed by atoms with E-state index in [2.05, 4.69) is 20.6 Å². The van der Waals surface area contributed by atoms with E-state index in [-0.39, 0.29) is 51.2 Å². The van der Waals surface area contributed by atoms with E-state index in [1.54, 1.807) is 42.7 Å². The van der Waals surface area contributed by atoms with Gasteiger partial charge in [-0.05, 0) is 54.6 Å². The Morgan fingerprint density at radius 3 is 1.88 bits per heavy atom. The lowest BCUT2D eigenvalue weighted by atomic mass is 10.1. The summed E-state index contributed by atoms with van der Waals surface area (Å²) in [5.74, 6) is 0.618. The summed E-state index contributed by atoms with van der Waals surface area (Å²) in [6, 6.07) is 17.4. The predicted molar refractivity (Wildman–Crippen MR) is 182 cm³/mol. The first kappa shape index (κ1) is 33.5. The van der Waals surface area contributed by atoms with E-state index in [1.807, 2.05) is 0 Å². The quantitative estimate of drug-likeness (QED) is 0.133. The number of nitrogens with zero attached hydrogens (tertiary/aromatic N) is 6. The molecule has 3 aromatic heterocycles. The summed E-state index contributed by atoms with van der Waals surface area (Å²) in [5, 5.41) is 17.0. The minimum absolute atomic E-state index is 0.0293. The highest BCUT2D eigenvalue weighted by atomic mass is 35.5. The monoisotopic (exact) mass is 732 g/mol. The van der Waals surface area contributed by atoms with Gasteiger partial charge in [0.25, 0.3) is 0 Å². The first-order chi connectivity index (χ1) is 24.7. The molecule has 51 heavy (non-hydrogen) atoms. The fraction of sp³-hybridized carbons (Fsp3) is 0.114. The third-order valence-corrected chi connectivity index (χ3v) is 8.20. The highest BCUT2D eigenvalue weighted by Crippen LogP contribution is 2.36. The Hall–Kier alpha value is -5.99. The van der Waals surface area contributed by atoms with Crippen molar-refractivity contribution in [2.24, 2.45) is 0 Å². The zero-order chi connectivity index (χ0) is 35.6. The van der Waals surface area contributed by atoms with Gasteiger partial charge in [0.05, 0.1) is 48.0 Å². The summed E-state index contributed by atoms with van der Waals surface area (Å²) in [6.07, 6.45) is 3.19. The van der Waals surface area contributed by atoms with Crippen LogP contribution in [0.3, 0.4) is 0 Å². The molecule has 0 radical (unpaired) electrons. The summed E-state index contributed by atoms with van der Waals surface area (Å²) in [5.41, 5.74) is 2.16. The number of hydrogen-bond donors (Lipinski definition) is 0. The number of benzene rings is 4. The van der Waals surface area contributed by atoms with Crippen molar-refractivity contribution in [3.63, 3.8) is 0 Å². The summed E-state index contributed by atoms with van der Waals surface area (Å²) < 4.78 is 59.2. The third-order valence-electron chi connectivity index (χ3n) is 7.60. The molecule has 3 heterocycles. The average molecular weight is 734 g/mol. The minimum Gasteiger partial charge on any atom is -0.496 e. The Kier molecular flexibility index (Phi) is 9.26. The molecule has 7 rings (SSSR count). The lowest BCUT2D eigenvalue weighted by Gasteiger charge is -2.14. The van der Waals surface area contributed by atoms with Gasteiger partial charge in [-0.1, -0.05) is 33.6 Å². The Morgan fingerprint density at radius 1 is 0.706 bits per heavy atom. The van der Waals surface area contributed by atoms with Crippen LogP contribution >= 0.6 is 23.2 Å². The molecule has 0 saturated carbocycles. The molecule has 0 aliphatic rings. The Labute approximate surface area is 297 Å². The number of ether oxygens (including phenoxy) is 4. The SMILES string of the molecule is COc1cc(OC)c2c(=O)cc(-c3ccc(OCc4cn(-c5ccc(F)cc5Cl)nn4)c(OCc4cn(-c5ccc(F)cc5Cl)nn4)c3)oc2c1. The largest absolute Gasteiger partial charge is 0.496 e. The second-order valence-corrected chi connectivity index (χ2v) is 11.7. The van der Waals surface area contributed by atoms with Gasteiger partial charge in [0.2, 0.25) is 0 Å². The average Bonchev–Trinajstić information content (AvgIpc) is 3.79. The Morgan fingerprint density at radius 2 is 1.31 bits per heavy atom. The van der Waals surface area contributed by atoms with Crippen LogP contribution in [0.15, 0.2) is 94.4 Å². The summed E-state index contributed by atoms with van der Waals surface area (Å²) in [6.45, 7) is -0.0909. The van der Waals surface area contributed by atoms with Crippen LogP contribution in [-0.2, 0) is 13.2 Å². The molecule has 0 N–H and O–H groups in total. The third kappa shape index (κ3) is 7.04. The van der Waals surface area contributed by atoms with Crippen LogP contribution in [0.5, 0.6) is 23.0 Å². The molecular formula is C35H24Cl2F2N6O6. The second-order valence-electron chi connectivity index (χ2n) is 10.9. The molecule has 12 nitrogen and oxygen atoms in total. The second kappa shape index (κ2) is 14.1. The molecule has 0 aliphatic carbocycles. The summed E-state index contributed by atoms with van der Waals surface area (Å²) in [4.78, 5) is 13.3. The number of halogens is 4. The molecule has 258 valence electrons. The van der Waals surface area contributed by atoms with E-state index in [9.17, 15) is 13.6 Å². The van der Waals surface area contributed by atoms with E-state index in [4.69, 9.17) is 46.6 Å². The highest BCUT2D eigenvalue weighted by molar-refractivity contribution is 6.32. The van der Waals surface area contributed by atoms with E-state index >= 15 is 0 Å². The van der Waals surface area contributed by atoms with Crippen LogP contribution in [0.4, 0.5) is 8.78 Å². The van der Waals surface area contributed by atoms with Crippen LogP contribution in [0.1, 0.15) is 11.4 Å². The van der Waals surface area contributed by atoms with Crippen molar-refractivity contribution in [2.45, 2.75) is 13.2 Å². The molecule has 0 spiro atoms. The van der Waals surface area contributed by atoms with Gasteiger partial charge in [-0.3, -0.25) is 4.79 Å². The standard InChI is InChI=1S/C35H24Cl2F2N6O6/c1-47-24-12-33(48-2)35-29(46)14-31(51-34(35)13-24)19-3-8-30(49-17-22-15-44(42-40-22)27-6-4-20(38)10-25(27)36)32(9-19)50-18-23-16-45(43-41-23)28-7-5-21(39)11-26(28)37/h3-16H,17-18H2,1-2H3. The van der Waals surface area contributed by atoms with Gasteiger partial charge in [0.15, 0.2) is 16.9 Å². The van der Waals surface area contributed by atoms with E-state index < -0.39 is 11.6 Å². The zero-order valence-corrected chi connectivity index (χ0v) is 28.2. The molecular weight excluding hydrogens is 709 g/mol. The summed E-state index contributed by atoms with van der Waals surface area (Å²) >= 11 is 12.4. The lowest BCUT2D eigenvalue weighted by molar-refractivity contribution is 0.252. The van der Waals surface area contributed by atoms with Gasteiger partial charge in [-0.25, -0.2) is 18.1 Å². The van der Waals surface area contributed by atoms with Gasteiger partial charge in [0.1, 0.15) is 64.5 Å². The minimum atomic E-state index is -0.484. The maximum Gasteiger partial charge on any atom is 0.197 e. The van der Waals surface area contributed by atoms with Crippen LogP contribution in [-0.4, -0.2) is 44.2 Å². The number of hydrogen-bond acceptors (Lipinski definition) is 10. The van der Waals surface area contributed by atoms with E-state index in [0.29, 0.717) is 45.6 Å². The number of fused-ring (bicyclic) bond motifs is 1. The number of rotatable bonds is 11. The van der Waals surface area contributed by atoms with Crippen LogP contribution in [0, 0.1) is 11.6 Å². The summed E-state index contributed by atoms with van der Waals surface area (Å²) in [7, 11) is 2.95. The molecule has 0 atom stereocenters. The smallest absolute Gasteiger partial charge is 0.197 e. The van der Waals surface area contributed by atoms with Crippen molar-refractivity contribution >= 4 is 34.2 Å². The Bertz CT molecular complexity index is 2470. The van der Waals surface area contributed by atoms with Crippen molar-refractivity contribution in [2.75, 3.05) is 14.2 Å². The molecule has 16 heteroatoms. The predicted octanol–water partition coefficient (Wildman–Crippen LogP) is 7.38. The lowest BCUT2D eigenvalue weighted by Crippen LogP contribution is -2.04. The first-order valence-electron chi connectivity index (χ1n) is 15.0. The highest BCUT2D eigenvalue weighted by Gasteiger charge is 2.17. The van der Waals surface area contributed by atoms with Gasteiger partial charge in [0, 0.05) is 23.8 Å². The molecule has 4 aromatic carbocycles. The van der Waals surface area contributed by atoms with E-state index in [0.717, 1.165) is 0 Å². The van der Waals surface area contributed by atoms with Crippen LogP contribution in [0.2, 0.25) is 10.0 Å². The van der Waals surface area contributed by atoms with Crippen molar-refractivity contribution in [3.8, 4) is 45.7 Å². The van der Waals surface area contributed by atoms with Crippen LogP contribution in [0.25, 0.3) is 33.7 Å². The molecule has 0 fully saturated rings. The molecule has 0 bridgehead atoms. The fourth-order valence-corrected chi connectivity index (χ4v) is 5.65. The molecule has 7 aromatic rings. The first-order valence-corrected chi connectivity index (χ1v) is 15.8. The normalized spacial score (nSPS) is 11.2.